The molecule has 0 aliphatic carbocycles. The second-order valence-corrected chi connectivity index (χ2v) is 5.07. The Balaban J connectivity index is 2.25. The number of phenols is 1. The minimum absolute atomic E-state index is 0.189. The molecule has 1 N–H and O–H groups in total. The molecule has 1 atom stereocenters. The van der Waals surface area contributed by atoms with Crippen molar-refractivity contribution in [1.29, 1.82) is 0 Å². The fourth-order valence-corrected chi connectivity index (χ4v) is 2.71. The highest BCUT2D eigenvalue weighted by molar-refractivity contribution is 5.97. The topological polar surface area (TPSA) is 40.5 Å². The van der Waals surface area contributed by atoms with Crippen LogP contribution in [0.4, 0.5) is 4.39 Å². The van der Waals surface area contributed by atoms with Gasteiger partial charge in [-0.1, -0.05) is 19.8 Å². The summed E-state index contributed by atoms with van der Waals surface area (Å²) in [4.78, 5) is 14.3. The Morgan fingerprint density at radius 1 is 1.42 bits per heavy atom. The number of nitrogens with zero attached hydrogens (tertiary/aromatic N) is 1. The number of carbonyl (C=O) groups is 1. The van der Waals surface area contributed by atoms with Crippen molar-refractivity contribution < 1.29 is 14.3 Å². The Morgan fingerprint density at radius 3 is 2.89 bits per heavy atom. The predicted molar refractivity (Wildman–Crippen MR) is 71.6 cm³/mol. The standard InChI is InChI=1S/C15H20FNO2/c1-2-12-6-4-3-5-9-17(12)15(19)13-8-7-11(16)10-14(13)18/h7-8,10,12,18H,2-6,9H2,1H3. The summed E-state index contributed by atoms with van der Waals surface area (Å²) >= 11 is 0. The minimum Gasteiger partial charge on any atom is -0.507 e. The van der Waals surface area contributed by atoms with Gasteiger partial charge in [-0.15, -0.1) is 0 Å². The number of amides is 1. The molecule has 1 fully saturated rings. The molecule has 3 nitrogen and oxygen atoms in total. The molecule has 0 aromatic heterocycles. The molecule has 0 saturated carbocycles. The van der Waals surface area contributed by atoms with E-state index in [9.17, 15) is 14.3 Å². The van der Waals surface area contributed by atoms with Gasteiger partial charge in [-0.2, -0.15) is 0 Å². The number of phenolic OH excluding ortho intramolecular Hbond substituents is 1. The number of carbonyl (C=O) groups excluding carboxylic acids is 1. The Bertz CT molecular complexity index is 461. The zero-order valence-electron chi connectivity index (χ0n) is 11.2. The number of hydrogen-bond donors (Lipinski definition) is 1. The molecule has 104 valence electrons. The van der Waals surface area contributed by atoms with Gasteiger partial charge >= 0.3 is 0 Å². The van der Waals surface area contributed by atoms with Crippen molar-refractivity contribution in [1.82, 2.24) is 4.90 Å². The molecule has 1 aromatic rings. The summed E-state index contributed by atoms with van der Waals surface area (Å²) in [5.74, 6) is -0.993. The van der Waals surface area contributed by atoms with E-state index in [4.69, 9.17) is 0 Å². The van der Waals surface area contributed by atoms with Gasteiger partial charge in [0.2, 0.25) is 0 Å². The molecule has 1 unspecified atom stereocenters. The molecule has 1 amide bonds. The lowest BCUT2D eigenvalue weighted by Crippen LogP contribution is -2.39. The van der Waals surface area contributed by atoms with E-state index < -0.39 is 5.82 Å². The molecule has 1 aliphatic heterocycles. The molecule has 1 heterocycles. The zero-order valence-corrected chi connectivity index (χ0v) is 11.2. The number of rotatable bonds is 2. The number of hydrogen-bond acceptors (Lipinski definition) is 2. The Kier molecular flexibility index (Phi) is 4.40. The summed E-state index contributed by atoms with van der Waals surface area (Å²) in [5, 5.41) is 9.73. The fourth-order valence-electron chi connectivity index (χ4n) is 2.71. The van der Waals surface area contributed by atoms with Gasteiger partial charge in [-0.3, -0.25) is 4.79 Å². The summed E-state index contributed by atoms with van der Waals surface area (Å²) in [7, 11) is 0. The van der Waals surface area contributed by atoms with Gasteiger partial charge in [0.05, 0.1) is 5.56 Å². The van der Waals surface area contributed by atoms with Crippen LogP contribution in [0.1, 0.15) is 49.4 Å². The number of benzene rings is 1. The molecule has 0 radical (unpaired) electrons. The van der Waals surface area contributed by atoms with E-state index in [0.29, 0.717) is 6.54 Å². The van der Waals surface area contributed by atoms with Crippen molar-refractivity contribution in [2.24, 2.45) is 0 Å². The number of aromatic hydroxyl groups is 1. The van der Waals surface area contributed by atoms with Crippen LogP contribution >= 0.6 is 0 Å². The SMILES string of the molecule is CCC1CCCCCN1C(=O)c1ccc(F)cc1O. The van der Waals surface area contributed by atoms with Crippen molar-refractivity contribution in [2.45, 2.75) is 45.1 Å². The molecule has 0 bridgehead atoms. The lowest BCUT2D eigenvalue weighted by molar-refractivity contribution is 0.0675. The van der Waals surface area contributed by atoms with Crippen LogP contribution in [-0.4, -0.2) is 28.5 Å². The Morgan fingerprint density at radius 2 is 2.21 bits per heavy atom. The van der Waals surface area contributed by atoms with E-state index >= 15 is 0 Å². The predicted octanol–water partition coefficient (Wildman–Crippen LogP) is 3.33. The van der Waals surface area contributed by atoms with E-state index in [1.165, 1.54) is 12.1 Å². The van der Waals surface area contributed by atoms with E-state index in [1.807, 2.05) is 4.90 Å². The van der Waals surface area contributed by atoms with Crippen molar-refractivity contribution in [3.8, 4) is 5.75 Å². The molecule has 2 rings (SSSR count). The lowest BCUT2D eigenvalue weighted by atomic mass is 10.1. The van der Waals surface area contributed by atoms with Gasteiger partial charge in [0.15, 0.2) is 0 Å². The Hall–Kier alpha value is -1.58. The van der Waals surface area contributed by atoms with Crippen LogP contribution in [-0.2, 0) is 0 Å². The number of halogens is 1. The molecule has 1 aliphatic rings. The van der Waals surface area contributed by atoms with Gasteiger partial charge in [0, 0.05) is 18.7 Å². The van der Waals surface area contributed by atoms with Gasteiger partial charge < -0.3 is 10.0 Å². The van der Waals surface area contributed by atoms with Crippen molar-refractivity contribution in [2.75, 3.05) is 6.54 Å². The second kappa shape index (κ2) is 6.04. The van der Waals surface area contributed by atoms with Crippen LogP contribution < -0.4 is 0 Å². The van der Waals surface area contributed by atoms with E-state index in [0.717, 1.165) is 38.2 Å². The normalized spacial score (nSPS) is 20.1. The first-order chi connectivity index (χ1) is 9.13. The van der Waals surface area contributed by atoms with E-state index in [2.05, 4.69) is 6.92 Å². The molecule has 19 heavy (non-hydrogen) atoms. The van der Waals surface area contributed by atoms with Crippen LogP contribution in [0, 0.1) is 5.82 Å². The largest absolute Gasteiger partial charge is 0.507 e. The summed E-state index contributed by atoms with van der Waals surface area (Å²) in [6, 6.07) is 3.79. The molecule has 1 aromatic carbocycles. The van der Waals surface area contributed by atoms with Crippen LogP contribution in [0.5, 0.6) is 5.75 Å². The van der Waals surface area contributed by atoms with Crippen molar-refractivity contribution >= 4 is 5.91 Å². The van der Waals surface area contributed by atoms with Crippen molar-refractivity contribution in [3.05, 3.63) is 29.6 Å². The highest BCUT2D eigenvalue weighted by Crippen LogP contribution is 2.25. The summed E-state index contributed by atoms with van der Waals surface area (Å²) in [6.45, 7) is 2.79. The van der Waals surface area contributed by atoms with Crippen LogP contribution in [0.3, 0.4) is 0 Å². The highest BCUT2D eigenvalue weighted by atomic mass is 19.1. The maximum atomic E-state index is 13.0. The van der Waals surface area contributed by atoms with Gasteiger partial charge in [-0.05, 0) is 31.4 Å². The smallest absolute Gasteiger partial charge is 0.257 e. The second-order valence-electron chi connectivity index (χ2n) is 5.07. The molecular weight excluding hydrogens is 245 g/mol. The average molecular weight is 265 g/mol. The quantitative estimate of drug-likeness (QED) is 0.891. The number of likely N-dealkylation sites (tertiary alicyclic amines) is 1. The summed E-state index contributed by atoms with van der Waals surface area (Å²) in [5.41, 5.74) is 0.196. The molecule has 0 spiro atoms. The van der Waals surface area contributed by atoms with Crippen molar-refractivity contribution in [3.63, 3.8) is 0 Å². The molecule has 4 heteroatoms. The maximum Gasteiger partial charge on any atom is 0.257 e. The minimum atomic E-state index is -0.531. The van der Waals surface area contributed by atoms with Crippen LogP contribution in [0.25, 0.3) is 0 Å². The average Bonchev–Trinajstić information content (AvgIpc) is 2.63. The monoisotopic (exact) mass is 265 g/mol. The third-order valence-corrected chi connectivity index (χ3v) is 3.80. The van der Waals surface area contributed by atoms with Gasteiger partial charge in [0.1, 0.15) is 11.6 Å². The third kappa shape index (κ3) is 3.06. The maximum absolute atomic E-state index is 13.0. The third-order valence-electron chi connectivity index (χ3n) is 3.80. The van der Waals surface area contributed by atoms with E-state index in [-0.39, 0.29) is 23.3 Å². The summed E-state index contributed by atoms with van der Waals surface area (Å²) < 4.78 is 13.0. The molecule has 1 saturated heterocycles. The first-order valence-corrected chi connectivity index (χ1v) is 6.93. The lowest BCUT2D eigenvalue weighted by Gasteiger charge is -2.29. The van der Waals surface area contributed by atoms with Crippen LogP contribution in [0.15, 0.2) is 18.2 Å². The molecular formula is C15H20FNO2. The van der Waals surface area contributed by atoms with Gasteiger partial charge in [0.25, 0.3) is 5.91 Å². The fraction of sp³-hybridized carbons (Fsp3) is 0.533. The zero-order chi connectivity index (χ0) is 13.8. The highest BCUT2D eigenvalue weighted by Gasteiger charge is 2.26. The Labute approximate surface area is 113 Å². The van der Waals surface area contributed by atoms with Crippen LogP contribution in [0.2, 0.25) is 0 Å². The summed E-state index contributed by atoms with van der Waals surface area (Å²) in [6.07, 6.45) is 5.18. The first kappa shape index (κ1) is 13.8. The van der Waals surface area contributed by atoms with E-state index in [1.54, 1.807) is 0 Å². The first-order valence-electron chi connectivity index (χ1n) is 6.93. The van der Waals surface area contributed by atoms with Gasteiger partial charge in [-0.25, -0.2) is 4.39 Å².